The molecule has 0 atom stereocenters. The van der Waals surface area contributed by atoms with E-state index in [0.29, 0.717) is 23.1 Å². The van der Waals surface area contributed by atoms with Crippen molar-refractivity contribution in [3.8, 4) is 5.75 Å². The fraction of sp³-hybridized carbons (Fsp3) is 0.421. The molecule has 2 aromatic rings. The van der Waals surface area contributed by atoms with Crippen LogP contribution in [-0.4, -0.2) is 29.9 Å². The van der Waals surface area contributed by atoms with E-state index in [1.165, 1.54) is 35.6 Å². The molecule has 3 rings (SSSR count). The van der Waals surface area contributed by atoms with E-state index in [1.54, 1.807) is 5.38 Å². The van der Waals surface area contributed by atoms with Gasteiger partial charge in [-0.25, -0.2) is 9.37 Å². The number of amides is 2. The van der Waals surface area contributed by atoms with Crippen LogP contribution in [-0.2, 0) is 16.0 Å². The Morgan fingerprint density at radius 3 is 2.70 bits per heavy atom. The highest BCUT2D eigenvalue weighted by Gasteiger charge is 2.23. The van der Waals surface area contributed by atoms with Crippen molar-refractivity contribution in [2.75, 3.05) is 18.5 Å². The lowest BCUT2D eigenvalue weighted by molar-refractivity contribution is -0.121. The molecule has 1 aromatic carbocycles. The number of carbonyl (C=O) groups excluding carboxylic acids is 2. The van der Waals surface area contributed by atoms with Crippen molar-refractivity contribution in [1.82, 2.24) is 10.3 Å². The number of thiazole rings is 1. The van der Waals surface area contributed by atoms with E-state index in [9.17, 15) is 14.0 Å². The Morgan fingerprint density at radius 2 is 1.96 bits per heavy atom. The van der Waals surface area contributed by atoms with Crippen LogP contribution >= 0.6 is 11.3 Å². The molecule has 1 aromatic heterocycles. The van der Waals surface area contributed by atoms with E-state index < -0.39 is 0 Å². The highest BCUT2D eigenvalue weighted by atomic mass is 32.1. The predicted molar refractivity (Wildman–Crippen MR) is 101 cm³/mol. The minimum Gasteiger partial charge on any atom is -0.492 e. The minimum atomic E-state index is -0.322. The summed E-state index contributed by atoms with van der Waals surface area (Å²) in [6.07, 6.45) is 4.23. The highest BCUT2D eigenvalue weighted by Crippen LogP contribution is 2.26. The maximum atomic E-state index is 12.8. The van der Waals surface area contributed by atoms with Gasteiger partial charge in [0.2, 0.25) is 11.8 Å². The molecule has 8 heteroatoms. The topological polar surface area (TPSA) is 80.3 Å². The molecule has 1 fully saturated rings. The van der Waals surface area contributed by atoms with Gasteiger partial charge in [-0.15, -0.1) is 11.3 Å². The van der Waals surface area contributed by atoms with Crippen molar-refractivity contribution >= 4 is 28.3 Å². The Hall–Kier alpha value is -2.48. The van der Waals surface area contributed by atoms with Gasteiger partial charge in [0.1, 0.15) is 18.2 Å². The van der Waals surface area contributed by atoms with Gasteiger partial charge < -0.3 is 15.4 Å². The first-order chi connectivity index (χ1) is 13.1. The quantitative estimate of drug-likeness (QED) is 0.678. The van der Waals surface area contributed by atoms with Gasteiger partial charge in [0, 0.05) is 11.3 Å². The number of aromatic nitrogens is 1. The summed E-state index contributed by atoms with van der Waals surface area (Å²) in [5.41, 5.74) is 0.624. The zero-order valence-corrected chi connectivity index (χ0v) is 15.7. The number of rotatable bonds is 8. The Balaban J connectivity index is 1.36. The first-order valence-corrected chi connectivity index (χ1v) is 9.88. The minimum absolute atomic E-state index is 0.0239. The lowest BCUT2D eigenvalue weighted by Gasteiger charge is -2.08. The fourth-order valence-electron chi connectivity index (χ4n) is 2.96. The molecule has 2 amide bonds. The number of nitrogens with zero attached hydrogens (tertiary/aromatic N) is 1. The van der Waals surface area contributed by atoms with Gasteiger partial charge in [0.15, 0.2) is 5.13 Å². The molecule has 27 heavy (non-hydrogen) atoms. The maximum Gasteiger partial charge on any atom is 0.229 e. The van der Waals surface area contributed by atoms with E-state index in [0.717, 1.165) is 25.7 Å². The van der Waals surface area contributed by atoms with Gasteiger partial charge in [-0.2, -0.15) is 0 Å². The zero-order chi connectivity index (χ0) is 19.1. The highest BCUT2D eigenvalue weighted by molar-refractivity contribution is 7.13. The van der Waals surface area contributed by atoms with Crippen LogP contribution in [0.15, 0.2) is 29.6 Å². The zero-order valence-electron chi connectivity index (χ0n) is 14.9. The molecule has 0 saturated heterocycles. The molecule has 0 radical (unpaired) electrons. The van der Waals surface area contributed by atoms with Gasteiger partial charge in [0.25, 0.3) is 0 Å². The number of hydrogen-bond acceptors (Lipinski definition) is 5. The van der Waals surface area contributed by atoms with Gasteiger partial charge >= 0.3 is 0 Å². The Bertz CT molecular complexity index is 773. The van der Waals surface area contributed by atoms with Gasteiger partial charge in [-0.3, -0.25) is 9.59 Å². The summed E-state index contributed by atoms with van der Waals surface area (Å²) in [4.78, 5) is 28.4. The largest absolute Gasteiger partial charge is 0.492 e. The number of halogens is 1. The third kappa shape index (κ3) is 6.02. The Labute approximate surface area is 161 Å². The first kappa shape index (κ1) is 19.3. The van der Waals surface area contributed by atoms with Crippen molar-refractivity contribution in [3.63, 3.8) is 0 Å². The summed E-state index contributed by atoms with van der Waals surface area (Å²) in [7, 11) is 0. The lowest BCUT2D eigenvalue weighted by atomic mass is 10.1. The molecule has 2 N–H and O–H groups in total. The number of anilines is 1. The number of carbonyl (C=O) groups is 2. The molecule has 1 saturated carbocycles. The molecule has 1 aliphatic carbocycles. The molecule has 6 nitrogen and oxygen atoms in total. The van der Waals surface area contributed by atoms with Crippen LogP contribution in [0, 0.1) is 11.7 Å². The first-order valence-electron chi connectivity index (χ1n) is 9.00. The van der Waals surface area contributed by atoms with Crippen LogP contribution in [0.1, 0.15) is 31.4 Å². The van der Waals surface area contributed by atoms with E-state index in [1.807, 2.05) is 0 Å². The summed E-state index contributed by atoms with van der Waals surface area (Å²) in [5, 5.41) is 7.90. The number of ether oxygens (including phenoxy) is 1. The molecule has 0 aliphatic heterocycles. The standard InChI is InChI=1S/C19H22FN3O3S/c20-14-5-7-16(8-6-14)26-10-9-21-17(24)11-15-12-27-19(22-15)23-18(25)13-3-1-2-4-13/h5-8,12-13H,1-4,9-11H2,(H,21,24)(H,22,23,25). The number of hydrogen-bond donors (Lipinski definition) is 2. The van der Waals surface area contributed by atoms with Crippen LogP contribution in [0.5, 0.6) is 5.75 Å². The van der Waals surface area contributed by atoms with Crippen molar-refractivity contribution in [2.45, 2.75) is 32.1 Å². The third-order valence-corrected chi connectivity index (χ3v) is 5.16. The molecule has 0 bridgehead atoms. The molecule has 0 unspecified atom stereocenters. The monoisotopic (exact) mass is 391 g/mol. The van der Waals surface area contributed by atoms with Crippen molar-refractivity contribution in [1.29, 1.82) is 0 Å². The molecule has 0 spiro atoms. The van der Waals surface area contributed by atoms with Crippen molar-refractivity contribution in [3.05, 3.63) is 41.2 Å². The lowest BCUT2D eigenvalue weighted by Crippen LogP contribution is -2.29. The van der Waals surface area contributed by atoms with E-state index in [-0.39, 0.29) is 36.6 Å². The maximum absolute atomic E-state index is 12.8. The molecule has 144 valence electrons. The second-order valence-corrected chi connectivity index (χ2v) is 7.30. The predicted octanol–water partition coefficient (Wildman–Crippen LogP) is 3.15. The van der Waals surface area contributed by atoms with E-state index in [2.05, 4.69) is 15.6 Å². The van der Waals surface area contributed by atoms with Crippen LogP contribution in [0.4, 0.5) is 9.52 Å². The summed E-state index contributed by atoms with van der Waals surface area (Å²) in [5.74, 6) is 0.166. The molecule has 1 aliphatic rings. The summed E-state index contributed by atoms with van der Waals surface area (Å²) >= 11 is 1.33. The molecular weight excluding hydrogens is 369 g/mol. The summed E-state index contributed by atoms with van der Waals surface area (Å²) in [6, 6.07) is 5.71. The SMILES string of the molecule is O=C(Cc1csc(NC(=O)C2CCCC2)n1)NCCOc1ccc(F)cc1. The van der Waals surface area contributed by atoms with Gasteiger partial charge in [-0.1, -0.05) is 12.8 Å². The van der Waals surface area contributed by atoms with E-state index in [4.69, 9.17) is 4.74 Å². The number of benzene rings is 1. The summed E-state index contributed by atoms with van der Waals surface area (Å²) in [6.45, 7) is 0.628. The molecule has 1 heterocycles. The van der Waals surface area contributed by atoms with Crippen LogP contribution < -0.4 is 15.4 Å². The average Bonchev–Trinajstić information content (AvgIpc) is 3.32. The normalized spacial score (nSPS) is 14.1. The van der Waals surface area contributed by atoms with Crippen LogP contribution in [0.25, 0.3) is 0 Å². The Kier molecular flexibility index (Phi) is 6.75. The second-order valence-electron chi connectivity index (χ2n) is 6.44. The third-order valence-electron chi connectivity index (χ3n) is 4.36. The summed E-state index contributed by atoms with van der Waals surface area (Å²) < 4.78 is 18.2. The average molecular weight is 391 g/mol. The smallest absolute Gasteiger partial charge is 0.229 e. The van der Waals surface area contributed by atoms with Crippen molar-refractivity contribution in [2.24, 2.45) is 5.92 Å². The number of nitrogens with one attached hydrogen (secondary N) is 2. The van der Waals surface area contributed by atoms with Crippen LogP contribution in [0.2, 0.25) is 0 Å². The van der Waals surface area contributed by atoms with Crippen LogP contribution in [0.3, 0.4) is 0 Å². The molecular formula is C19H22FN3O3S. The second kappa shape index (κ2) is 9.45. The van der Waals surface area contributed by atoms with Gasteiger partial charge in [0.05, 0.1) is 18.7 Å². The fourth-order valence-corrected chi connectivity index (χ4v) is 3.67. The Morgan fingerprint density at radius 1 is 1.22 bits per heavy atom. The van der Waals surface area contributed by atoms with E-state index >= 15 is 0 Å². The van der Waals surface area contributed by atoms with Gasteiger partial charge in [-0.05, 0) is 37.1 Å². The van der Waals surface area contributed by atoms with Crippen molar-refractivity contribution < 1.29 is 18.7 Å².